The summed E-state index contributed by atoms with van der Waals surface area (Å²) >= 11 is 0. The van der Waals surface area contributed by atoms with Crippen molar-refractivity contribution in [1.82, 2.24) is 20.0 Å². The quantitative estimate of drug-likeness (QED) is 0.767. The van der Waals surface area contributed by atoms with Crippen LogP contribution in [0.3, 0.4) is 0 Å². The van der Waals surface area contributed by atoms with Gasteiger partial charge in [-0.15, -0.1) is 0 Å². The molecule has 3 atom stereocenters. The van der Waals surface area contributed by atoms with Crippen LogP contribution in [0.2, 0.25) is 0 Å². The summed E-state index contributed by atoms with van der Waals surface area (Å²) in [5, 5.41) is 17.7. The van der Waals surface area contributed by atoms with E-state index in [2.05, 4.69) is 15.3 Å². The molecule has 0 unspecified atom stereocenters. The van der Waals surface area contributed by atoms with Crippen molar-refractivity contribution in [1.29, 1.82) is 0 Å². The maximum Gasteiger partial charge on any atom is 0.244 e. The van der Waals surface area contributed by atoms with E-state index in [0.29, 0.717) is 13.2 Å². The van der Waals surface area contributed by atoms with Crippen molar-refractivity contribution in [2.75, 3.05) is 26.3 Å². The minimum absolute atomic E-state index is 0.107. The number of hydrogen-bond acceptors (Lipinski definition) is 5. The Morgan fingerprint density at radius 2 is 2.21 bits per heavy atom. The average molecular weight is 334 g/mol. The smallest absolute Gasteiger partial charge is 0.244 e. The molecule has 2 N–H and O–H groups in total. The van der Waals surface area contributed by atoms with Crippen LogP contribution < -0.4 is 5.32 Å². The summed E-state index contributed by atoms with van der Waals surface area (Å²) in [6.07, 6.45) is 9.04. The molecule has 2 aliphatic rings. The molecule has 2 heterocycles. The number of carbonyl (C=O) groups is 1. The van der Waals surface area contributed by atoms with E-state index in [4.69, 9.17) is 4.74 Å². The van der Waals surface area contributed by atoms with Gasteiger partial charge in [-0.05, 0) is 25.3 Å². The highest BCUT2D eigenvalue weighted by molar-refractivity contribution is 5.91. The van der Waals surface area contributed by atoms with Crippen molar-refractivity contribution in [3.05, 3.63) is 24.0 Å². The van der Waals surface area contributed by atoms with Gasteiger partial charge in [-0.2, -0.15) is 5.10 Å². The number of carbonyl (C=O) groups excluding carboxylic acids is 1. The summed E-state index contributed by atoms with van der Waals surface area (Å²) in [4.78, 5) is 14.4. The molecule has 1 saturated carbocycles. The topological polar surface area (TPSA) is 79.6 Å². The summed E-state index contributed by atoms with van der Waals surface area (Å²) in [5.41, 5.74) is 0.878. The Hall–Kier alpha value is -1.70. The van der Waals surface area contributed by atoms with Crippen LogP contribution in [-0.4, -0.2) is 70.2 Å². The van der Waals surface area contributed by atoms with Crippen LogP contribution in [0, 0.1) is 0 Å². The van der Waals surface area contributed by atoms with Crippen LogP contribution in [0.25, 0.3) is 6.08 Å². The number of aromatic nitrogens is 2. The number of nitrogens with zero attached hydrogens (tertiary/aromatic N) is 3. The molecule has 1 amide bonds. The Morgan fingerprint density at radius 3 is 2.92 bits per heavy atom. The van der Waals surface area contributed by atoms with E-state index in [1.807, 2.05) is 13.2 Å². The highest BCUT2D eigenvalue weighted by atomic mass is 16.5. The zero-order valence-corrected chi connectivity index (χ0v) is 14.1. The predicted octanol–water partition coefficient (Wildman–Crippen LogP) is 0.164. The van der Waals surface area contributed by atoms with Crippen molar-refractivity contribution in [2.24, 2.45) is 7.05 Å². The van der Waals surface area contributed by atoms with Crippen LogP contribution >= 0.6 is 0 Å². The Kier molecular flexibility index (Phi) is 5.65. The van der Waals surface area contributed by atoms with Crippen LogP contribution in [0.5, 0.6) is 0 Å². The van der Waals surface area contributed by atoms with Gasteiger partial charge in [-0.3, -0.25) is 14.4 Å². The first-order valence-electron chi connectivity index (χ1n) is 8.60. The summed E-state index contributed by atoms with van der Waals surface area (Å²) in [5.74, 6) is -0.175. The molecule has 1 aromatic heterocycles. The second kappa shape index (κ2) is 7.92. The van der Waals surface area contributed by atoms with Gasteiger partial charge in [-0.25, -0.2) is 0 Å². The maximum absolute atomic E-state index is 12.2. The number of rotatable bonds is 4. The molecule has 0 aromatic carbocycles. The van der Waals surface area contributed by atoms with Crippen molar-refractivity contribution >= 4 is 12.0 Å². The largest absolute Gasteiger partial charge is 0.389 e. The first-order valence-corrected chi connectivity index (χ1v) is 8.60. The van der Waals surface area contributed by atoms with Gasteiger partial charge in [0.25, 0.3) is 0 Å². The van der Waals surface area contributed by atoms with E-state index >= 15 is 0 Å². The summed E-state index contributed by atoms with van der Waals surface area (Å²) < 4.78 is 7.07. The number of morpholine rings is 1. The first-order chi connectivity index (χ1) is 11.6. The van der Waals surface area contributed by atoms with Gasteiger partial charge in [0.15, 0.2) is 0 Å². The molecule has 1 saturated heterocycles. The molecule has 0 spiro atoms. The lowest BCUT2D eigenvalue weighted by Crippen LogP contribution is -2.58. The molecular formula is C17H26N4O3. The lowest BCUT2D eigenvalue weighted by Gasteiger charge is -2.42. The van der Waals surface area contributed by atoms with Crippen molar-refractivity contribution in [2.45, 2.75) is 37.5 Å². The number of amides is 1. The second-order valence-corrected chi connectivity index (χ2v) is 6.53. The number of aliphatic hydroxyl groups is 1. The van der Waals surface area contributed by atoms with Gasteiger partial charge in [0.2, 0.25) is 5.91 Å². The average Bonchev–Trinajstić information content (AvgIpc) is 3.01. The highest BCUT2D eigenvalue weighted by Gasteiger charge is 2.36. The molecule has 3 rings (SSSR count). The second-order valence-electron chi connectivity index (χ2n) is 6.53. The third-order valence-corrected chi connectivity index (χ3v) is 4.82. The Labute approximate surface area is 142 Å². The Balaban J connectivity index is 1.55. The molecule has 2 fully saturated rings. The minimum Gasteiger partial charge on any atom is -0.389 e. The monoisotopic (exact) mass is 334 g/mol. The van der Waals surface area contributed by atoms with Crippen LogP contribution in [0.4, 0.5) is 0 Å². The molecule has 132 valence electrons. The molecular weight excluding hydrogens is 308 g/mol. The van der Waals surface area contributed by atoms with Gasteiger partial charge in [0.1, 0.15) is 0 Å². The lowest BCUT2D eigenvalue weighted by atomic mass is 9.86. The van der Waals surface area contributed by atoms with E-state index in [9.17, 15) is 9.90 Å². The molecule has 1 aromatic rings. The lowest BCUT2D eigenvalue weighted by molar-refractivity contribution is -0.119. The van der Waals surface area contributed by atoms with Crippen LogP contribution in [0.1, 0.15) is 24.8 Å². The van der Waals surface area contributed by atoms with Crippen LogP contribution in [-0.2, 0) is 16.6 Å². The van der Waals surface area contributed by atoms with Gasteiger partial charge in [0, 0.05) is 44.0 Å². The van der Waals surface area contributed by atoms with Crippen molar-refractivity contribution in [3.63, 3.8) is 0 Å². The fourth-order valence-corrected chi connectivity index (χ4v) is 3.55. The fourth-order valence-electron chi connectivity index (χ4n) is 3.55. The maximum atomic E-state index is 12.2. The summed E-state index contributed by atoms with van der Waals surface area (Å²) in [6, 6.07) is -0.0899. The normalized spacial score (nSPS) is 29.0. The molecule has 7 heteroatoms. The SMILES string of the molecule is Cn1cc(/C=C/C(=O)N[C@@H]2CCC[C@@H](N3CCOCC3)[C@@H]2O)cn1. The van der Waals surface area contributed by atoms with E-state index in [1.54, 1.807) is 17.0 Å². The third-order valence-electron chi connectivity index (χ3n) is 4.82. The number of aliphatic hydroxyl groups excluding tert-OH is 1. The molecule has 1 aliphatic heterocycles. The highest BCUT2D eigenvalue weighted by Crippen LogP contribution is 2.24. The predicted molar refractivity (Wildman–Crippen MR) is 90.2 cm³/mol. The van der Waals surface area contributed by atoms with Crippen LogP contribution in [0.15, 0.2) is 18.5 Å². The van der Waals surface area contributed by atoms with Crippen molar-refractivity contribution in [3.8, 4) is 0 Å². The number of ether oxygens (including phenoxy) is 1. The van der Waals surface area contributed by atoms with E-state index < -0.39 is 6.10 Å². The van der Waals surface area contributed by atoms with Gasteiger partial charge >= 0.3 is 0 Å². The zero-order valence-electron chi connectivity index (χ0n) is 14.1. The van der Waals surface area contributed by atoms with Gasteiger partial charge in [0.05, 0.1) is 31.6 Å². The Morgan fingerprint density at radius 1 is 1.42 bits per heavy atom. The number of hydrogen-bond donors (Lipinski definition) is 2. The molecule has 7 nitrogen and oxygen atoms in total. The number of aryl methyl sites for hydroxylation is 1. The molecule has 24 heavy (non-hydrogen) atoms. The van der Waals surface area contributed by atoms with E-state index in [0.717, 1.165) is 37.9 Å². The zero-order chi connectivity index (χ0) is 16.9. The Bertz CT molecular complexity index is 580. The van der Waals surface area contributed by atoms with Gasteiger partial charge < -0.3 is 15.2 Å². The third kappa shape index (κ3) is 4.23. The standard InChI is InChI=1S/C17H26N4O3/c1-20-12-13(11-18-20)5-6-16(22)19-14-3-2-4-15(17(14)23)21-7-9-24-10-8-21/h5-6,11-12,14-15,17,23H,2-4,7-10H2,1H3,(H,19,22)/b6-5+/t14-,15-,17-/m1/s1. The van der Waals surface area contributed by atoms with Gasteiger partial charge in [-0.1, -0.05) is 0 Å². The van der Waals surface area contributed by atoms with E-state index in [1.165, 1.54) is 6.08 Å². The summed E-state index contributed by atoms with van der Waals surface area (Å²) in [6.45, 7) is 3.13. The first kappa shape index (κ1) is 17.1. The summed E-state index contributed by atoms with van der Waals surface area (Å²) in [7, 11) is 1.83. The molecule has 1 aliphatic carbocycles. The fraction of sp³-hybridized carbons (Fsp3) is 0.647. The van der Waals surface area contributed by atoms with Crippen molar-refractivity contribution < 1.29 is 14.6 Å². The molecule has 0 radical (unpaired) electrons. The number of nitrogens with one attached hydrogen (secondary N) is 1. The minimum atomic E-state index is -0.535. The molecule has 0 bridgehead atoms. The van der Waals surface area contributed by atoms with E-state index in [-0.39, 0.29) is 18.0 Å².